The van der Waals surface area contributed by atoms with Gasteiger partial charge in [0.1, 0.15) is 18.1 Å². The van der Waals surface area contributed by atoms with Crippen molar-refractivity contribution in [2.45, 2.75) is 24.8 Å². The summed E-state index contributed by atoms with van der Waals surface area (Å²) in [6.45, 7) is 9.82. The lowest BCUT2D eigenvalue weighted by atomic mass is 9.86. The summed E-state index contributed by atoms with van der Waals surface area (Å²) in [5.74, 6) is 1.90. The smallest absolute Gasteiger partial charge is 0.222 e. The molecule has 6 nitrogen and oxygen atoms in total. The van der Waals surface area contributed by atoms with Gasteiger partial charge in [-0.05, 0) is 32.0 Å². The Kier molecular flexibility index (Phi) is 6.97. The van der Waals surface area contributed by atoms with E-state index in [0.717, 1.165) is 57.1 Å². The number of likely N-dealkylation sites (N-methyl/N-ethyl adjacent to an activating group) is 1. The van der Waals surface area contributed by atoms with Crippen molar-refractivity contribution in [1.82, 2.24) is 14.7 Å². The number of rotatable bonds is 7. The fourth-order valence-electron chi connectivity index (χ4n) is 4.30. The Balaban J connectivity index is 1.56. The van der Waals surface area contributed by atoms with Gasteiger partial charge in [-0.1, -0.05) is 12.1 Å². The van der Waals surface area contributed by atoms with Gasteiger partial charge in [-0.3, -0.25) is 14.6 Å². The summed E-state index contributed by atoms with van der Waals surface area (Å²) in [4.78, 5) is 19.3. The van der Waals surface area contributed by atoms with Crippen LogP contribution in [-0.2, 0) is 4.79 Å². The van der Waals surface area contributed by atoms with Gasteiger partial charge in [-0.2, -0.15) is 0 Å². The number of amides is 1. The van der Waals surface area contributed by atoms with Crippen LogP contribution in [0.1, 0.15) is 19.3 Å². The van der Waals surface area contributed by atoms with Crippen molar-refractivity contribution in [3.8, 4) is 11.5 Å². The summed E-state index contributed by atoms with van der Waals surface area (Å²) in [5, 5.41) is 0. The van der Waals surface area contributed by atoms with Gasteiger partial charge >= 0.3 is 0 Å². The molecule has 2 aliphatic heterocycles. The van der Waals surface area contributed by atoms with Gasteiger partial charge in [0, 0.05) is 57.3 Å². The molecule has 2 aliphatic rings. The maximum atomic E-state index is 12.4. The van der Waals surface area contributed by atoms with Gasteiger partial charge in [0.2, 0.25) is 5.91 Å². The van der Waals surface area contributed by atoms with Crippen LogP contribution in [0.2, 0.25) is 0 Å². The molecule has 28 heavy (non-hydrogen) atoms. The van der Waals surface area contributed by atoms with E-state index < -0.39 is 0 Å². The summed E-state index contributed by atoms with van der Waals surface area (Å²) < 4.78 is 11.2. The normalized spacial score (nSPS) is 24.2. The van der Waals surface area contributed by atoms with Crippen LogP contribution in [-0.4, -0.2) is 86.2 Å². The molecule has 2 heterocycles. The molecule has 2 saturated heterocycles. The number of piperazine rings is 1. The number of carbonyl (C=O) groups excluding carboxylic acids is 1. The second-order valence-electron chi connectivity index (χ2n) is 7.83. The van der Waals surface area contributed by atoms with Crippen molar-refractivity contribution in [2.75, 3.05) is 60.0 Å². The van der Waals surface area contributed by atoms with Crippen LogP contribution in [0.25, 0.3) is 0 Å². The van der Waals surface area contributed by atoms with E-state index in [4.69, 9.17) is 9.47 Å². The molecule has 1 aromatic rings. The van der Waals surface area contributed by atoms with Crippen LogP contribution < -0.4 is 9.47 Å². The Labute approximate surface area is 168 Å². The predicted octanol–water partition coefficient (Wildman–Crippen LogP) is 2.26. The van der Waals surface area contributed by atoms with Gasteiger partial charge in [0.15, 0.2) is 0 Å². The predicted molar refractivity (Wildman–Crippen MR) is 111 cm³/mol. The van der Waals surface area contributed by atoms with Crippen LogP contribution in [0.3, 0.4) is 0 Å². The maximum absolute atomic E-state index is 12.4. The summed E-state index contributed by atoms with van der Waals surface area (Å²) in [6, 6.07) is 7.73. The van der Waals surface area contributed by atoms with E-state index in [0.29, 0.717) is 19.6 Å². The molecule has 154 valence electrons. The van der Waals surface area contributed by atoms with Gasteiger partial charge in [-0.25, -0.2) is 0 Å². The van der Waals surface area contributed by atoms with E-state index >= 15 is 0 Å². The number of hydrogen-bond acceptors (Lipinski definition) is 5. The summed E-state index contributed by atoms with van der Waals surface area (Å²) in [5.41, 5.74) is 0.0692. The van der Waals surface area contributed by atoms with E-state index in [9.17, 15) is 4.79 Å². The zero-order chi connectivity index (χ0) is 20.0. The molecule has 0 radical (unpaired) electrons. The minimum absolute atomic E-state index is 0.0692. The van der Waals surface area contributed by atoms with Crippen LogP contribution in [0.5, 0.6) is 11.5 Å². The van der Waals surface area contributed by atoms with Crippen LogP contribution in [0.4, 0.5) is 0 Å². The number of methoxy groups -OCH3 is 1. The Morgan fingerprint density at radius 1 is 1.21 bits per heavy atom. The molecule has 0 aliphatic carbocycles. The fraction of sp³-hybridized carbons (Fsp3) is 0.591. The summed E-state index contributed by atoms with van der Waals surface area (Å²) >= 11 is 0. The van der Waals surface area contributed by atoms with Crippen molar-refractivity contribution >= 4 is 5.91 Å². The first kappa shape index (κ1) is 20.7. The maximum Gasteiger partial charge on any atom is 0.222 e. The molecule has 0 saturated carbocycles. The summed E-state index contributed by atoms with van der Waals surface area (Å²) in [7, 11) is 3.87. The minimum atomic E-state index is 0.0692. The molecule has 1 amide bonds. The molecule has 0 bridgehead atoms. The first-order valence-corrected chi connectivity index (χ1v) is 10.2. The molecular weight excluding hydrogens is 354 g/mol. The van der Waals surface area contributed by atoms with Crippen LogP contribution >= 0.6 is 0 Å². The first-order chi connectivity index (χ1) is 13.6. The van der Waals surface area contributed by atoms with Crippen molar-refractivity contribution < 1.29 is 14.3 Å². The van der Waals surface area contributed by atoms with Crippen LogP contribution in [0.15, 0.2) is 36.9 Å². The highest BCUT2D eigenvalue weighted by Gasteiger charge is 2.41. The number of ether oxygens (including phenoxy) is 2. The average Bonchev–Trinajstić information content (AvgIpc) is 2.86. The van der Waals surface area contributed by atoms with E-state index in [2.05, 4.69) is 23.4 Å². The van der Waals surface area contributed by atoms with Gasteiger partial charge < -0.3 is 14.4 Å². The van der Waals surface area contributed by atoms with Gasteiger partial charge in [0.25, 0.3) is 0 Å². The van der Waals surface area contributed by atoms with Crippen molar-refractivity contribution in [3.63, 3.8) is 0 Å². The number of carbonyl (C=O) groups is 1. The SMILES string of the molecule is C=CCN1CC[C@]2(CCC1=O)CN(CCOc1cccc(OC)c1)CCN2C. The molecule has 1 aromatic carbocycles. The standard InChI is InChI=1S/C22H33N3O3/c1-4-11-25-12-10-22(9-8-21(25)26)18-24(14-13-23(22)2)15-16-28-20-7-5-6-19(17-20)27-3/h4-7,17H,1,8-16,18H2,2-3H3/t22-/m1/s1. The first-order valence-electron chi connectivity index (χ1n) is 10.2. The van der Waals surface area contributed by atoms with Gasteiger partial charge in [-0.15, -0.1) is 6.58 Å². The molecule has 3 rings (SSSR count). The number of nitrogens with zero attached hydrogens (tertiary/aromatic N) is 3. The highest BCUT2D eigenvalue weighted by atomic mass is 16.5. The second kappa shape index (κ2) is 9.43. The molecule has 1 spiro atoms. The third kappa shape index (κ3) is 4.86. The monoisotopic (exact) mass is 387 g/mol. The highest BCUT2D eigenvalue weighted by Crippen LogP contribution is 2.32. The second-order valence-corrected chi connectivity index (χ2v) is 7.83. The Bertz CT molecular complexity index is 681. The van der Waals surface area contributed by atoms with Crippen molar-refractivity contribution in [2.24, 2.45) is 0 Å². The van der Waals surface area contributed by atoms with E-state index in [-0.39, 0.29) is 11.4 Å². The Morgan fingerprint density at radius 3 is 2.82 bits per heavy atom. The molecule has 6 heteroatoms. The molecule has 0 N–H and O–H groups in total. The zero-order valence-corrected chi connectivity index (χ0v) is 17.2. The van der Waals surface area contributed by atoms with Crippen molar-refractivity contribution in [3.05, 3.63) is 36.9 Å². The number of benzene rings is 1. The minimum Gasteiger partial charge on any atom is -0.497 e. The topological polar surface area (TPSA) is 45.3 Å². The van der Waals surface area contributed by atoms with Crippen molar-refractivity contribution in [1.29, 1.82) is 0 Å². The third-order valence-electron chi connectivity index (χ3n) is 6.15. The van der Waals surface area contributed by atoms with Gasteiger partial charge in [0.05, 0.1) is 7.11 Å². The fourth-order valence-corrected chi connectivity index (χ4v) is 4.30. The lowest BCUT2D eigenvalue weighted by Crippen LogP contribution is -2.61. The van der Waals surface area contributed by atoms with E-state index in [1.165, 1.54) is 0 Å². The lowest BCUT2D eigenvalue weighted by Gasteiger charge is -2.49. The molecular formula is C22H33N3O3. The van der Waals surface area contributed by atoms with E-state index in [1.807, 2.05) is 35.2 Å². The highest BCUT2D eigenvalue weighted by molar-refractivity contribution is 5.76. The largest absolute Gasteiger partial charge is 0.497 e. The number of hydrogen-bond donors (Lipinski definition) is 0. The molecule has 0 unspecified atom stereocenters. The third-order valence-corrected chi connectivity index (χ3v) is 6.15. The lowest BCUT2D eigenvalue weighted by molar-refractivity contribution is -0.130. The Morgan fingerprint density at radius 2 is 2.04 bits per heavy atom. The zero-order valence-electron chi connectivity index (χ0n) is 17.2. The summed E-state index contributed by atoms with van der Waals surface area (Å²) in [6.07, 6.45) is 4.37. The average molecular weight is 388 g/mol. The van der Waals surface area contributed by atoms with Crippen LogP contribution in [0, 0.1) is 0 Å². The quantitative estimate of drug-likeness (QED) is 0.672. The van der Waals surface area contributed by atoms with E-state index in [1.54, 1.807) is 7.11 Å². The number of likely N-dealkylation sites (tertiary alicyclic amines) is 1. The molecule has 1 atom stereocenters. The Hall–Kier alpha value is -2.05. The molecule has 2 fully saturated rings. The molecule has 0 aromatic heterocycles.